The average molecular weight is 385 g/mol. The molecule has 1 N–H and O–H groups in total. The number of nitrogens with zero attached hydrogens (tertiary/aromatic N) is 2. The third kappa shape index (κ3) is 3.67. The molecule has 1 aromatic heterocycles. The molecule has 5 heteroatoms. The van der Waals surface area contributed by atoms with Gasteiger partial charge in [-0.25, -0.2) is 9.82 Å². The van der Waals surface area contributed by atoms with Gasteiger partial charge in [-0.15, -0.1) is 0 Å². The topological polar surface area (TPSA) is 46.4 Å². The highest BCUT2D eigenvalue weighted by Gasteiger charge is 2.12. The second-order valence-electron chi connectivity index (χ2n) is 6.87. The number of aryl methyl sites for hydroxylation is 1. The summed E-state index contributed by atoms with van der Waals surface area (Å²) >= 11 is 0. The molecule has 0 aliphatic carbocycles. The molecule has 0 spiro atoms. The Morgan fingerprint density at radius 3 is 2.48 bits per heavy atom. The van der Waals surface area contributed by atoms with E-state index in [9.17, 15) is 9.18 Å². The Morgan fingerprint density at radius 2 is 1.69 bits per heavy atom. The first kappa shape index (κ1) is 18.6. The van der Waals surface area contributed by atoms with Crippen LogP contribution in [0.15, 0.2) is 77.9 Å². The summed E-state index contributed by atoms with van der Waals surface area (Å²) in [6.07, 6.45) is 1.58. The van der Waals surface area contributed by atoms with E-state index in [1.807, 2.05) is 60.9 Å². The summed E-state index contributed by atoms with van der Waals surface area (Å²) in [7, 11) is 0. The number of carbonyl (C=O) groups excluding carboxylic acids is 1. The van der Waals surface area contributed by atoms with E-state index in [1.165, 1.54) is 6.07 Å². The Bertz CT molecular complexity index is 1240. The Morgan fingerprint density at radius 1 is 0.966 bits per heavy atom. The third-order valence-corrected chi connectivity index (χ3v) is 4.95. The molecule has 0 unspecified atom stereocenters. The molecule has 4 aromatic rings. The van der Waals surface area contributed by atoms with Crippen LogP contribution in [0.2, 0.25) is 0 Å². The standard InChI is InChI=1S/C24H20FN3O/c1-16-13-21(17(2)28(16)23-10-6-5-9-22(23)25)15-26-27-24(29)20-12-11-18-7-3-4-8-19(18)14-20/h3-15H,1-2H3,(H,27,29)/b26-15+. The van der Waals surface area contributed by atoms with Gasteiger partial charge in [0.1, 0.15) is 5.82 Å². The van der Waals surface area contributed by atoms with Crippen molar-refractivity contribution in [3.05, 3.63) is 101 Å². The highest BCUT2D eigenvalue weighted by Crippen LogP contribution is 2.22. The smallest absolute Gasteiger partial charge is 0.271 e. The molecule has 0 bridgehead atoms. The zero-order chi connectivity index (χ0) is 20.4. The number of rotatable bonds is 4. The number of hydrazone groups is 1. The van der Waals surface area contributed by atoms with Crippen LogP contribution in [0.3, 0.4) is 0 Å². The number of amides is 1. The molecular formula is C24H20FN3O. The fourth-order valence-electron chi connectivity index (χ4n) is 3.48. The van der Waals surface area contributed by atoms with Crippen LogP contribution in [-0.4, -0.2) is 16.7 Å². The van der Waals surface area contributed by atoms with E-state index in [4.69, 9.17) is 0 Å². The summed E-state index contributed by atoms with van der Waals surface area (Å²) in [6.45, 7) is 3.80. The van der Waals surface area contributed by atoms with Crippen molar-refractivity contribution < 1.29 is 9.18 Å². The summed E-state index contributed by atoms with van der Waals surface area (Å²) in [4.78, 5) is 12.4. The van der Waals surface area contributed by atoms with Crippen molar-refractivity contribution in [1.29, 1.82) is 0 Å². The molecule has 0 aliphatic heterocycles. The van der Waals surface area contributed by atoms with Gasteiger partial charge in [0.05, 0.1) is 11.9 Å². The number of para-hydroxylation sites is 1. The number of halogens is 1. The number of nitrogens with one attached hydrogen (secondary N) is 1. The maximum atomic E-state index is 14.2. The van der Waals surface area contributed by atoms with Gasteiger partial charge in [-0.1, -0.05) is 42.5 Å². The Kier molecular flexibility index (Phi) is 4.96. The highest BCUT2D eigenvalue weighted by atomic mass is 19.1. The molecule has 29 heavy (non-hydrogen) atoms. The molecule has 4 rings (SSSR count). The molecule has 144 valence electrons. The van der Waals surface area contributed by atoms with Crippen LogP contribution >= 0.6 is 0 Å². The molecule has 4 nitrogen and oxygen atoms in total. The molecule has 1 amide bonds. The van der Waals surface area contributed by atoms with Gasteiger partial charge in [-0.3, -0.25) is 4.79 Å². The van der Waals surface area contributed by atoms with Gasteiger partial charge in [0.2, 0.25) is 0 Å². The van der Waals surface area contributed by atoms with Crippen LogP contribution < -0.4 is 5.43 Å². The van der Waals surface area contributed by atoms with Crippen LogP contribution in [0.25, 0.3) is 16.5 Å². The van der Waals surface area contributed by atoms with E-state index in [2.05, 4.69) is 10.5 Å². The van der Waals surface area contributed by atoms with Gasteiger partial charge in [0, 0.05) is 22.5 Å². The second-order valence-corrected chi connectivity index (χ2v) is 6.87. The molecule has 0 radical (unpaired) electrons. The largest absolute Gasteiger partial charge is 0.315 e. The van der Waals surface area contributed by atoms with E-state index in [0.29, 0.717) is 11.3 Å². The summed E-state index contributed by atoms with van der Waals surface area (Å²) < 4.78 is 16.0. The first-order valence-electron chi connectivity index (χ1n) is 9.30. The van der Waals surface area contributed by atoms with Crippen molar-refractivity contribution in [2.24, 2.45) is 5.10 Å². The molecule has 0 aliphatic rings. The van der Waals surface area contributed by atoms with Crippen molar-refractivity contribution in [3.63, 3.8) is 0 Å². The molecule has 0 atom stereocenters. The summed E-state index contributed by atoms with van der Waals surface area (Å²) in [5.41, 5.74) is 6.13. The van der Waals surface area contributed by atoms with E-state index >= 15 is 0 Å². The number of hydrogen-bond donors (Lipinski definition) is 1. The van der Waals surface area contributed by atoms with Gasteiger partial charge in [0.25, 0.3) is 5.91 Å². The number of carbonyl (C=O) groups is 1. The van der Waals surface area contributed by atoms with Crippen LogP contribution in [0.4, 0.5) is 4.39 Å². The van der Waals surface area contributed by atoms with E-state index in [1.54, 1.807) is 30.5 Å². The lowest BCUT2D eigenvalue weighted by Crippen LogP contribution is -2.17. The number of fused-ring (bicyclic) bond motifs is 1. The van der Waals surface area contributed by atoms with E-state index in [-0.39, 0.29) is 11.7 Å². The number of benzene rings is 3. The Hall–Kier alpha value is -3.73. The molecule has 0 fully saturated rings. The second kappa shape index (κ2) is 7.72. The SMILES string of the molecule is Cc1cc(/C=N/NC(=O)c2ccc3ccccc3c2)c(C)n1-c1ccccc1F. The molecule has 1 heterocycles. The first-order chi connectivity index (χ1) is 14.0. The molecule has 3 aromatic carbocycles. The van der Waals surface area contributed by atoms with Gasteiger partial charge >= 0.3 is 0 Å². The lowest BCUT2D eigenvalue weighted by Gasteiger charge is -2.10. The van der Waals surface area contributed by atoms with Crippen molar-refractivity contribution in [2.75, 3.05) is 0 Å². The number of hydrogen-bond acceptors (Lipinski definition) is 2. The van der Waals surface area contributed by atoms with Crippen LogP contribution in [-0.2, 0) is 0 Å². The molecule has 0 saturated carbocycles. The predicted molar refractivity (Wildman–Crippen MR) is 114 cm³/mol. The fourth-order valence-corrected chi connectivity index (χ4v) is 3.48. The van der Waals surface area contributed by atoms with Crippen molar-refractivity contribution >= 4 is 22.9 Å². The van der Waals surface area contributed by atoms with Crippen LogP contribution in [0.1, 0.15) is 27.3 Å². The average Bonchev–Trinajstić information content (AvgIpc) is 3.01. The lowest BCUT2D eigenvalue weighted by atomic mass is 10.1. The van der Waals surface area contributed by atoms with E-state index in [0.717, 1.165) is 27.7 Å². The zero-order valence-electron chi connectivity index (χ0n) is 16.2. The van der Waals surface area contributed by atoms with Gasteiger partial charge in [-0.05, 0) is 55.0 Å². The first-order valence-corrected chi connectivity index (χ1v) is 9.30. The Balaban J connectivity index is 1.54. The maximum absolute atomic E-state index is 14.2. The van der Waals surface area contributed by atoms with Crippen molar-refractivity contribution in [1.82, 2.24) is 9.99 Å². The normalized spacial score (nSPS) is 11.3. The quantitative estimate of drug-likeness (QED) is 0.383. The van der Waals surface area contributed by atoms with Gasteiger partial charge < -0.3 is 4.57 Å². The number of aromatic nitrogens is 1. The van der Waals surface area contributed by atoms with Crippen LogP contribution in [0.5, 0.6) is 0 Å². The summed E-state index contributed by atoms with van der Waals surface area (Å²) in [5.74, 6) is -0.572. The Labute approximate surface area is 168 Å². The lowest BCUT2D eigenvalue weighted by molar-refractivity contribution is 0.0955. The molecule has 0 saturated heterocycles. The van der Waals surface area contributed by atoms with Crippen molar-refractivity contribution in [3.8, 4) is 5.69 Å². The van der Waals surface area contributed by atoms with Crippen molar-refractivity contribution in [2.45, 2.75) is 13.8 Å². The minimum absolute atomic E-state index is 0.282. The van der Waals surface area contributed by atoms with Gasteiger partial charge in [0.15, 0.2) is 0 Å². The van der Waals surface area contributed by atoms with Crippen LogP contribution in [0, 0.1) is 19.7 Å². The minimum atomic E-state index is -0.289. The minimum Gasteiger partial charge on any atom is -0.315 e. The monoisotopic (exact) mass is 385 g/mol. The third-order valence-electron chi connectivity index (χ3n) is 4.95. The van der Waals surface area contributed by atoms with Gasteiger partial charge in [-0.2, -0.15) is 5.10 Å². The highest BCUT2D eigenvalue weighted by molar-refractivity contribution is 5.99. The summed E-state index contributed by atoms with van der Waals surface area (Å²) in [5, 5.41) is 6.17. The summed E-state index contributed by atoms with van der Waals surface area (Å²) in [6, 6.07) is 21.9. The molecular weight excluding hydrogens is 365 g/mol. The predicted octanol–water partition coefficient (Wildman–Crippen LogP) is 5.15. The fraction of sp³-hybridized carbons (Fsp3) is 0.0833. The maximum Gasteiger partial charge on any atom is 0.271 e. The van der Waals surface area contributed by atoms with E-state index < -0.39 is 0 Å². The zero-order valence-corrected chi connectivity index (χ0v) is 16.2.